The number of halogens is 2. The Bertz CT molecular complexity index is 771. The number of benzene rings is 2. The van der Waals surface area contributed by atoms with Crippen molar-refractivity contribution >= 4 is 24.0 Å². The van der Waals surface area contributed by atoms with Gasteiger partial charge in [0.25, 0.3) is 0 Å². The van der Waals surface area contributed by atoms with E-state index in [1.165, 1.54) is 5.56 Å². The minimum atomic E-state index is 0. The van der Waals surface area contributed by atoms with E-state index in [-0.39, 0.29) is 12.4 Å². The molecule has 3 nitrogen and oxygen atoms in total. The fourth-order valence-electron chi connectivity index (χ4n) is 2.41. The third-order valence-corrected chi connectivity index (χ3v) is 3.97. The number of hydrogen-bond donors (Lipinski definition) is 1. The molecule has 0 bridgehead atoms. The molecule has 0 spiro atoms. The smallest absolute Gasteiger partial charge is 0.124 e. The zero-order chi connectivity index (χ0) is 16.8. The van der Waals surface area contributed by atoms with Crippen LogP contribution in [0.1, 0.15) is 22.5 Å². The SMILES string of the molecule is Cc1ccc(COc2ccc(Cl)cc2CNCc2ccco2)cc1.Cl. The van der Waals surface area contributed by atoms with Gasteiger partial charge in [0.15, 0.2) is 0 Å². The van der Waals surface area contributed by atoms with Crippen molar-refractivity contribution in [3.05, 3.63) is 88.3 Å². The Hall–Kier alpha value is -1.94. The van der Waals surface area contributed by atoms with Gasteiger partial charge in [0.05, 0.1) is 12.8 Å². The normalized spacial score (nSPS) is 10.3. The van der Waals surface area contributed by atoms with E-state index < -0.39 is 0 Å². The first-order valence-electron chi connectivity index (χ1n) is 7.90. The minimum absolute atomic E-state index is 0. The summed E-state index contributed by atoms with van der Waals surface area (Å²) in [7, 11) is 0. The lowest BCUT2D eigenvalue weighted by molar-refractivity contribution is 0.302. The molecule has 0 fully saturated rings. The van der Waals surface area contributed by atoms with E-state index in [0.717, 1.165) is 22.6 Å². The molecule has 0 aliphatic heterocycles. The molecule has 3 aromatic rings. The van der Waals surface area contributed by atoms with E-state index in [9.17, 15) is 0 Å². The number of ether oxygens (including phenoxy) is 1. The number of nitrogens with one attached hydrogen (secondary N) is 1. The molecular weight excluding hydrogens is 357 g/mol. The Balaban J connectivity index is 0.00000225. The van der Waals surface area contributed by atoms with Crippen molar-refractivity contribution in [3.8, 4) is 5.75 Å². The number of hydrogen-bond acceptors (Lipinski definition) is 3. The van der Waals surface area contributed by atoms with Gasteiger partial charge >= 0.3 is 0 Å². The van der Waals surface area contributed by atoms with Crippen LogP contribution in [0, 0.1) is 6.92 Å². The van der Waals surface area contributed by atoms with Gasteiger partial charge in [0.2, 0.25) is 0 Å². The summed E-state index contributed by atoms with van der Waals surface area (Å²) in [6.07, 6.45) is 1.67. The van der Waals surface area contributed by atoms with Crippen LogP contribution in [0.15, 0.2) is 65.3 Å². The van der Waals surface area contributed by atoms with Gasteiger partial charge in [-0.3, -0.25) is 0 Å². The van der Waals surface area contributed by atoms with Gasteiger partial charge in [-0.05, 0) is 42.8 Å². The zero-order valence-corrected chi connectivity index (χ0v) is 15.6. The van der Waals surface area contributed by atoms with Gasteiger partial charge in [-0.15, -0.1) is 12.4 Å². The molecule has 5 heteroatoms. The molecule has 1 heterocycles. The second kappa shape index (κ2) is 9.52. The van der Waals surface area contributed by atoms with Crippen LogP contribution in [0.4, 0.5) is 0 Å². The number of furan rings is 1. The molecule has 0 unspecified atom stereocenters. The van der Waals surface area contributed by atoms with Crippen molar-refractivity contribution < 1.29 is 9.15 Å². The second-order valence-corrected chi connectivity index (χ2v) is 6.15. The molecule has 132 valence electrons. The van der Waals surface area contributed by atoms with E-state index in [1.54, 1.807) is 6.26 Å². The van der Waals surface area contributed by atoms with Crippen LogP contribution in [-0.2, 0) is 19.7 Å². The second-order valence-electron chi connectivity index (χ2n) is 5.71. The molecule has 0 aliphatic carbocycles. The molecule has 0 atom stereocenters. The Morgan fingerprint density at radius 3 is 2.56 bits per heavy atom. The maximum Gasteiger partial charge on any atom is 0.124 e. The van der Waals surface area contributed by atoms with Crippen molar-refractivity contribution in [2.75, 3.05) is 0 Å². The Morgan fingerprint density at radius 2 is 1.84 bits per heavy atom. The van der Waals surface area contributed by atoms with Crippen LogP contribution in [0.25, 0.3) is 0 Å². The van der Waals surface area contributed by atoms with Crippen molar-refractivity contribution in [2.45, 2.75) is 26.6 Å². The maximum atomic E-state index is 6.13. The van der Waals surface area contributed by atoms with Crippen LogP contribution >= 0.6 is 24.0 Å². The quantitative estimate of drug-likeness (QED) is 0.587. The lowest BCUT2D eigenvalue weighted by atomic mass is 10.1. The first-order valence-corrected chi connectivity index (χ1v) is 8.28. The standard InChI is InChI=1S/C20H20ClNO2.ClH/c1-15-4-6-16(7-5-15)14-24-20-9-8-18(21)11-17(20)12-22-13-19-3-2-10-23-19;/h2-11,22H,12-14H2,1H3;1H. The molecular formula is C20H21Cl2NO2. The molecule has 25 heavy (non-hydrogen) atoms. The summed E-state index contributed by atoms with van der Waals surface area (Å²) in [5.41, 5.74) is 3.42. The highest BCUT2D eigenvalue weighted by atomic mass is 35.5. The number of aryl methyl sites for hydroxylation is 1. The van der Waals surface area contributed by atoms with E-state index in [0.29, 0.717) is 24.7 Å². The van der Waals surface area contributed by atoms with Crippen molar-refractivity contribution in [3.63, 3.8) is 0 Å². The van der Waals surface area contributed by atoms with Gasteiger partial charge in [-0.2, -0.15) is 0 Å². The fourth-order valence-corrected chi connectivity index (χ4v) is 2.60. The monoisotopic (exact) mass is 377 g/mol. The molecule has 0 aliphatic rings. The van der Waals surface area contributed by atoms with E-state index >= 15 is 0 Å². The highest BCUT2D eigenvalue weighted by molar-refractivity contribution is 6.30. The van der Waals surface area contributed by atoms with Crippen LogP contribution in [0.3, 0.4) is 0 Å². The highest BCUT2D eigenvalue weighted by Gasteiger charge is 2.06. The lowest BCUT2D eigenvalue weighted by Crippen LogP contribution is -2.13. The van der Waals surface area contributed by atoms with Crippen LogP contribution < -0.4 is 10.1 Å². The Morgan fingerprint density at radius 1 is 1.04 bits per heavy atom. The minimum Gasteiger partial charge on any atom is -0.489 e. The van der Waals surface area contributed by atoms with E-state index in [2.05, 4.69) is 36.5 Å². The lowest BCUT2D eigenvalue weighted by Gasteiger charge is -2.13. The van der Waals surface area contributed by atoms with Crippen LogP contribution in [0.5, 0.6) is 5.75 Å². The van der Waals surface area contributed by atoms with Gasteiger partial charge in [0, 0.05) is 17.1 Å². The average molecular weight is 378 g/mol. The summed E-state index contributed by atoms with van der Waals surface area (Å²) in [5.74, 6) is 1.74. The molecule has 0 saturated carbocycles. The molecule has 3 rings (SSSR count). The first-order chi connectivity index (χ1) is 11.7. The summed E-state index contributed by atoms with van der Waals surface area (Å²) in [6.45, 7) is 3.93. The van der Waals surface area contributed by atoms with E-state index in [1.807, 2.05) is 30.3 Å². The topological polar surface area (TPSA) is 34.4 Å². The predicted octanol–water partition coefficient (Wildman–Crippen LogP) is 5.53. The van der Waals surface area contributed by atoms with E-state index in [4.69, 9.17) is 20.8 Å². The molecule has 2 aromatic carbocycles. The van der Waals surface area contributed by atoms with Crippen molar-refractivity contribution in [1.82, 2.24) is 5.32 Å². The molecule has 0 saturated heterocycles. The largest absolute Gasteiger partial charge is 0.489 e. The third kappa shape index (κ3) is 5.82. The highest BCUT2D eigenvalue weighted by Crippen LogP contribution is 2.24. The van der Waals surface area contributed by atoms with Gasteiger partial charge in [0.1, 0.15) is 18.1 Å². The van der Waals surface area contributed by atoms with Gasteiger partial charge in [-0.25, -0.2) is 0 Å². The maximum absolute atomic E-state index is 6.13. The summed E-state index contributed by atoms with van der Waals surface area (Å²) in [4.78, 5) is 0. The van der Waals surface area contributed by atoms with Gasteiger partial charge < -0.3 is 14.5 Å². The number of rotatable bonds is 7. The molecule has 1 N–H and O–H groups in total. The predicted molar refractivity (Wildman–Crippen MR) is 103 cm³/mol. The van der Waals surface area contributed by atoms with Crippen molar-refractivity contribution in [2.24, 2.45) is 0 Å². The third-order valence-electron chi connectivity index (χ3n) is 3.73. The van der Waals surface area contributed by atoms with Crippen molar-refractivity contribution in [1.29, 1.82) is 0 Å². The summed E-state index contributed by atoms with van der Waals surface area (Å²) in [5, 5.41) is 4.05. The summed E-state index contributed by atoms with van der Waals surface area (Å²) in [6, 6.07) is 17.9. The zero-order valence-electron chi connectivity index (χ0n) is 14.0. The van der Waals surface area contributed by atoms with Crippen LogP contribution in [0.2, 0.25) is 5.02 Å². The summed E-state index contributed by atoms with van der Waals surface area (Å²) < 4.78 is 11.3. The molecule has 1 aromatic heterocycles. The molecule has 0 amide bonds. The molecule has 0 radical (unpaired) electrons. The Kier molecular flexibility index (Phi) is 7.38. The average Bonchev–Trinajstić information content (AvgIpc) is 3.09. The fraction of sp³-hybridized carbons (Fsp3) is 0.200. The first kappa shape index (κ1) is 19.4. The van der Waals surface area contributed by atoms with Crippen LogP contribution in [-0.4, -0.2) is 0 Å². The van der Waals surface area contributed by atoms with Gasteiger partial charge in [-0.1, -0.05) is 41.4 Å². The summed E-state index contributed by atoms with van der Waals surface area (Å²) >= 11 is 6.13. The Labute approximate surface area is 159 Å².